The molecule has 0 aromatic rings. The van der Waals surface area contributed by atoms with Crippen molar-refractivity contribution in [1.29, 1.82) is 0 Å². The molecule has 0 fully saturated rings. The quantitative estimate of drug-likeness (QED) is 0.539. The molecule has 3 rings (SSSR count). The molecule has 0 radical (unpaired) electrons. The van der Waals surface area contributed by atoms with Crippen molar-refractivity contribution < 1.29 is 0 Å². The Balaban J connectivity index is 1.93. The van der Waals surface area contributed by atoms with Crippen LogP contribution in [0.5, 0.6) is 0 Å². The van der Waals surface area contributed by atoms with E-state index in [2.05, 4.69) is 26.0 Å². The maximum atomic E-state index is 2.41. The highest BCUT2D eigenvalue weighted by Gasteiger charge is 2.23. The van der Waals surface area contributed by atoms with E-state index in [0.29, 0.717) is 0 Å². The van der Waals surface area contributed by atoms with E-state index < -0.39 is 0 Å². The molecule has 15 heavy (non-hydrogen) atoms. The minimum atomic E-state index is 1.22. The summed E-state index contributed by atoms with van der Waals surface area (Å²) in [6, 6.07) is 0. The molecule has 0 saturated heterocycles. The zero-order chi connectivity index (χ0) is 10.4. The van der Waals surface area contributed by atoms with Crippen molar-refractivity contribution in [1.82, 2.24) is 0 Å². The van der Waals surface area contributed by atoms with Gasteiger partial charge in [-0.15, -0.1) is 0 Å². The van der Waals surface area contributed by atoms with Crippen LogP contribution < -0.4 is 0 Å². The van der Waals surface area contributed by atoms with E-state index in [0.717, 1.165) is 0 Å². The van der Waals surface area contributed by atoms with E-state index in [1.165, 1.54) is 32.1 Å². The lowest BCUT2D eigenvalue weighted by molar-refractivity contribution is 0.943. The first-order valence-corrected chi connectivity index (χ1v) is 6.02. The minimum Gasteiger partial charge on any atom is -0.0772 e. The van der Waals surface area contributed by atoms with E-state index in [1.54, 1.807) is 33.4 Å². The Labute approximate surface area is 92.1 Å². The summed E-state index contributed by atoms with van der Waals surface area (Å²) in [5.74, 6) is 0. The summed E-state index contributed by atoms with van der Waals surface area (Å²) in [5, 5.41) is 0. The van der Waals surface area contributed by atoms with Gasteiger partial charge in [0.05, 0.1) is 0 Å². The van der Waals surface area contributed by atoms with Crippen molar-refractivity contribution in [2.45, 2.75) is 46.0 Å². The Hall–Kier alpha value is -1.04. The average Bonchev–Trinajstić information content (AvgIpc) is 2.67. The van der Waals surface area contributed by atoms with Gasteiger partial charge in [0.2, 0.25) is 0 Å². The molecule has 0 aromatic carbocycles. The zero-order valence-electron chi connectivity index (χ0n) is 9.69. The highest BCUT2D eigenvalue weighted by atomic mass is 14.3. The van der Waals surface area contributed by atoms with E-state index in [4.69, 9.17) is 0 Å². The van der Waals surface area contributed by atoms with Gasteiger partial charge < -0.3 is 0 Å². The smallest absolute Gasteiger partial charge is 0.00904 e. The van der Waals surface area contributed by atoms with Crippen molar-refractivity contribution >= 4 is 0 Å². The van der Waals surface area contributed by atoms with Crippen LogP contribution in [0.2, 0.25) is 0 Å². The van der Waals surface area contributed by atoms with Gasteiger partial charge in [-0.2, -0.15) is 0 Å². The highest BCUT2D eigenvalue weighted by Crippen LogP contribution is 2.42. The third-order valence-corrected chi connectivity index (χ3v) is 4.17. The summed E-state index contributed by atoms with van der Waals surface area (Å²) >= 11 is 0. The summed E-state index contributed by atoms with van der Waals surface area (Å²) in [6.07, 6.45) is 11.1. The molecule has 0 heteroatoms. The molecule has 0 N–H and O–H groups in total. The average molecular weight is 198 g/mol. The number of rotatable bonds is 0. The van der Waals surface area contributed by atoms with Crippen molar-refractivity contribution in [2.24, 2.45) is 0 Å². The number of hydrogen-bond acceptors (Lipinski definition) is 0. The molecule has 0 amide bonds. The van der Waals surface area contributed by atoms with Crippen LogP contribution in [0.1, 0.15) is 46.0 Å². The Kier molecular flexibility index (Phi) is 1.98. The maximum Gasteiger partial charge on any atom is -0.00904 e. The SMILES string of the molecule is CC1=CCC2=C1CCC1=C(CC=C1C)C2. The van der Waals surface area contributed by atoms with Gasteiger partial charge in [-0.25, -0.2) is 0 Å². The lowest BCUT2D eigenvalue weighted by atomic mass is 9.99. The molecule has 0 heterocycles. The summed E-state index contributed by atoms with van der Waals surface area (Å²) in [7, 11) is 0. The monoisotopic (exact) mass is 198 g/mol. The first kappa shape index (κ1) is 9.21. The van der Waals surface area contributed by atoms with Crippen LogP contribution in [0.25, 0.3) is 0 Å². The minimum absolute atomic E-state index is 1.22. The van der Waals surface area contributed by atoms with Gasteiger partial charge in [-0.05, 0) is 57.1 Å². The van der Waals surface area contributed by atoms with Crippen LogP contribution >= 0.6 is 0 Å². The fourth-order valence-corrected chi connectivity index (χ4v) is 3.22. The van der Waals surface area contributed by atoms with Crippen molar-refractivity contribution in [2.75, 3.05) is 0 Å². The van der Waals surface area contributed by atoms with Crippen LogP contribution in [0.15, 0.2) is 45.6 Å². The van der Waals surface area contributed by atoms with Gasteiger partial charge in [0.25, 0.3) is 0 Å². The molecular weight excluding hydrogens is 180 g/mol. The molecule has 0 nitrogen and oxygen atoms in total. The van der Waals surface area contributed by atoms with Gasteiger partial charge in [0.1, 0.15) is 0 Å². The molecular formula is C15H18. The zero-order valence-corrected chi connectivity index (χ0v) is 9.69. The molecule has 0 unspecified atom stereocenters. The Morgan fingerprint density at radius 2 is 1.27 bits per heavy atom. The lowest BCUT2D eigenvalue weighted by Gasteiger charge is -2.06. The van der Waals surface area contributed by atoms with E-state index in [-0.39, 0.29) is 0 Å². The molecule has 3 aliphatic rings. The molecule has 0 aliphatic heterocycles. The predicted octanol–water partition coefficient (Wildman–Crippen LogP) is 4.46. The molecule has 0 atom stereocenters. The van der Waals surface area contributed by atoms with Crippen LogP contribution in [-0.4, -0.2) is 0 Å². The Morgan fingerprint density at radius 3 is 1.73 bits per heavy atom. The van der Waals surface area contributed by atoms with Gasteiger partial charge >= 0.3 is 0 Å². The van der Waals surface area contributed by atoms with Crippen LogP contribution in [0, 0.1) is 0 Å². The third kappa shape index (κ3) is 1.35. The lowest BCUT2D eigenvalue weighted by Crippen LogP contribution is -1.87. The first-order valence-electron chi connectivity index (χ1n) is 6.02. The van der Waals surface area contributed by atoms with Crippen LogP contribution in [0.4, 0.5) is 0 Å². The standard InChI is InChI=1S/C15H18/c1-10-3-5-12-9-13-6-4-11(2)15(13)8-7-14(10)12/h3-4H,5-9H2,1-2H3. The first-order chi connectivity index (χ1) is 7.25. The second-order valence-electron chi connectivity index (χ2n) is 5.02. The van der Waals surface area contributed by atoms with Crippen molar-refractivity contribution in [3.63, 3.8) is 0 Å². The molecule has 3 aliphatic carbocycles. The van der Waals surface area contributed by atoms with E-state index >= 15 is 0 Å². The summed E-state index contributed by atoms with van der Waals surface area (Å²) in [4.78, 5) is 0. The Morgan fingerprint density at radius 1 is 0.800 bits per heavy atom. The number of allylic oxidation sites excluding steroid dienone is 8. The van der Waals surface area contributed by atoms with Gasteiger partial charge in [0, 0.05) is 0 Å². The maximum absolute atomic E-state index is 2.41. The molecule has 78 valence electrons. The van der Waals surface area contributed by atoms with Gasteiger partial charge in [0.15, 0.2) is 0 Å². The van der Waals surface area contributed by atoms with Gasteiger partial charge in [-0.3, -0.25) is 0 Å². The van der Waals surface area contributed by atoms with Crippen molar-refractivity contribution in [3.8, 4) is 0 Å². The fourth-order valence-electron chi connectivity index (χ4n) is 3.22. The summed E-state index contributed by atoms with van der Waals surface area (Å²) in [5.41, 5.74) is 9.87. The molecule has 0 bridgehead atoms. The van der Waals surface area contributed by atoms with E-state index in [9.17, 15) is 0 Å². The summed E-state index contributed by atoms with van der Waals surface area (Å²) < 4.78 is 0. The molecule has 0 spiro atoms. The molecule has 0 aromatic heterocycles. The predicted molar refractivity (Wildman–Crippen MR) is 64.7 cm³/mol. The topological polar surface area (TPSA) is 0 Å². The number of hydrogen-bond donors (Lipinski definition) is 0. The van der Waals surface area contributed by atoms with Crippen molar-refractivity contribution in [3.05, 3.63) is 45.6 Å². The molecule has 0 saturated carbocycles. The Bertz CT molecular complexity index is 397. The fraction of sp³-hybridized carbons (Fsp3) is 0.467. The third-order valence-electron chi connectivity index (χ3n) is 4.17. The van der Waals surface area contributed by atoms with Gasteiger partial charge in [-0.1, -0.05) is 34.4 Å². The van der Waals surface area contributed by atoms with Crippen LogP contribution in [-0.2, 0) is 0 Å². The highest BCUT2D eigenvalue weighted by molar-refractivity contribution is 5.51. The largest absolute Gasteiger partial charge is 0.0772 e. The second kappa shape index (κ2) is 3.23. The normalized spacial score (nSPS) is 24.9. The van der Waals surface area contributed by atoms with Crippen LogP contribution in [0.3, 0.4) is 0 Å². The summed E-state index contributed by atoms with van der Waals surface area (Å²) in [6.45, 7) is 4.56. The second-order valence-corrected chi connectivity index (χ2v) is 5.02. The van der Waals surface area contributed by atoms with E-state index in [1.807, 2.05) is 0 Å².